The molecule has 2 aliphatic rings. The van der Waals surface area contributed by atoms with E-state index in [-0.39, 0.29) is 23.8 Å². The van der Waals surface area contributed by atoms with E-state index in [0.717, 1.165) is 42.8 Å². The van der Waals surface area contributed by atoms with Gasteiger partial charge in [0, 0.05) is 33.1 Å². The number of aryl methyl sites for hydroxylation is 1. The van der Waals surface area contributed by atoms with E-state index in [1.165, 1.54) is 0 Å². The Hall–Kier alpha value is -2.37. The number of aromatic nitrogens is 2. The molecule has 6 nitrogen and oxygen atoms in total. The number of likely N-dealkylation sites (tertiary alicyclic amines) is 2. The summed E-state index contributed by atoms with van der Waals surface area (Å²) in [6.45, 7) is 4.23. The number of para-hydroxylation sites is 2. The molecule has 0 radical (unpaired) electrons. The molecule has 2 fully saturated rings. The van der Waals surface area contributed by atoms with Gasteiger partial charge in [0.2, 0.25) is 11.8 Å². The molecule has 0 spiro atoms. The Morgan fingerprint density at radius 2 is 2.12 bits per heavy atom. The van der Waals surface area contributed by atoms with Crippen molar-refractivity contribution in [2.75, 3.05) is 20.1 Å². The van der Waals surface area contributed by atoms with Crippen LogP contribution in [0.3, 0.4) is 0 Å². The van der Waals surface area contributed by atoms with Gasteiger partial charge in [-0.1, -0.05) is 12.1 Å². The zero-order chi connectivity index (χ0) is 17.6. The Bertz CT molecular complexity index is 828. The molecule has 0 bridgehead atoms. The summed E-state index contributed by atoms with van der Waals surface area (Å²) in [6.07, 6.45) is 2.26. The van der Waals surface area contributed by atoms with Crippen LogP contribution in [-0.2, 0) is 16.1 Å². The Balaban J connectivity index is 1.66. The first-order valence-corrected chi connectivity index (χ1v) is 9.09. The Morgan fingerprint density at radius 1 is 1.32 bits per heavy atom. The monoisotopic (exact) mass is 340 g/mol. The molecule has 2 atom stereocenters. The van der Waals surface area contributed by atoms with Crippen molar-refractivity contribution < 1.29 is 9.59 Å². The minimum absolute atomic E-state index is 0.0147. The van der Waals surface area contributed by atoms with Crippen LogP contribution in [0.25, 0.3) is 11.0 Å². The Labute approximate surface area is 147 Å². The maximum Gasteiger partial charge on any atom is 0.228 e. The van der Waals surface area contributed by atoms with Crippen molar-refractivity contribution in [3.8, 4) is 0 Å². The molecule has 2 amide bonds. The van der Waals surface area contributed by atoms with Gasteiger partial charge in [0.05, 0.1) is 23.0 Å². The molecule has 0 unspecified atom stereocenters. The zero-order valence-electron chi connectivity index (χ0n) is 14.8. The highest BCUT2D eigenvalue weighted by Crippen LogP contribution is 2.35. The highest BCUT2D eigenvalue weighted by Gasteiger charge is 2.40. The lowest BCUT2D eigenvalue weighted by atomic mass is 10.1. The molecule has 0 saturated carbocycles. The molecule has 1 aromatic heterocycles. The van der Waals surface area contributed by atoms with Gasteiger partial charge in [-0.3, -0.25) is 9.59 Å². The van der Waals surface area contributed by atoms with E-state index >= 15 is 0 Å². The number of amides is 2. The number of hydrogen-bond acceptors (Lipinski definition) is 3. The second-order valence-electron chi connectivity index (χ2n) is 7.07. The number of benzene rings is 1. The Morgan fingerprint density at radius 3 is 2.84 bits per heavy atom. The van der Waals surface area contributed by atoms with Crippen molar-refractivity contribution >= 4 is 22.8 Å². The van der Waals surface area contributed by atoms with E-state index in [1.807, 2.05) is 23.1 Å². The standard InChI is InChI=1S/C19H24N4O2/c1-3-22-15-8-5-4-7-14(15)20-18(22)16-9-6-10-23(16)19(25)13-11-17(24)21(2)12-13/h4-5,7-8,13,16H,3,6,9-12H2,1-2H3/t13-,16-/m0/s1. The molecule has 25 heavy (non-hydrogen) atoms. The molecular formula is C19H24N4O2. The quantitative estimate of drug-likeness (QED) is 0.861. The van der Waals surface area contributed by atoms with Crippen LogP contribution in [0, 0.1) is 5.92 Å². The highest BCUT2D eigenvalue weighted by molar-refractivity contribution is 5.89. The molecule has 1 aromatic carbocycles. The summed E-state index contributed by atoms with van der Waals surface area (Å²) >= 11 is 0. The third-order valence-corrected chi connectivity index (χ3v) is 5.52. The molecule has 2 aromatic rings. The lowest BCUT2D eigenvalue weighted by Crippen LogP contribution is -2.37. The fraction of sp³-hybridized carbons (Fsp3) is 0.526. The number of fused-ring (bicyclic) bond motifs is 1. The molecule has 3 heterocycles. The molecule has 2 aliphatic heterocycles. The van der Waals surface area contributed by atoms with Gasteiger partial charge in [0.15, 0.2) is 0 Å². The van der Waals surface area contributed by atoms with Gasteiger partial charge in [-0.2, -0.15) is 0 Å². The van der Waals surface area contributed by atoms with Crippen molar-refractivity contribution in [1.82, 2.24) is 19.4 Å². The number of hydrogen-bond donors (Lipinski definition) is 0. The zero-order valence-corrected chi connectivity index (χ0v) is 14.8. The van der Waals surface area contributed by atoms with Crippen molar-refractivity contribution in [2.24, 2.45) is 5.92 Å². The van der Waals surface area contributed by atoms with Crippen LogP contribution in [-0.4, -0.2) is 51.3 Å². The maximum absolute atomic E-state index is 13.0. The smallest absolute Gasteiger partial charge is 0.228 e. The van der Waals surface area contributed by atoms with Crippen LogP contribution >= 0.6 is 0 Å². The van der Waals surface area contributed by atoms with Gasteiger partial charge in [-0.25, -0.2) is 4.98 Å². The van der Waals surface area contributed by atoms with E-state index in [2.05, 4.69) is 17.6 Å². The van der Waals surface area contributed by atoms with Crippen molar-refractivity contribution in [2.45, 2.75) is 38.8 Å². The van der Waals surface area contributed by atoms with Gasteiger partial charge in [0.25, 0.3) is 0 Å². The molecule has 0 aliphatic carbocycles. The maximum atomic E-state index is 13.0. The van der Waals surface area contributed by atoms with E-state index < -0.39 is 0 Å². The van der Waals surface area contributed by atoms with Crippen LogP contribution in [0.15, 0.2) is 24.3 Å². The van der Waals surface area contributed by atoms with Crippen LogP contribution in [0.4, 0.5) is 0 Å². The van der Waals surface area contributed by atoms with E-state index in [1.54, 1.807) is 11.9 Å². The lowest BCUT2D eigenvalue weighted by Gasteiger charge is -2.27. The van der Waals surface area contributed by atoms with Gasteiger partial charge in [-0.15, -0.1) is 0 Å². The summed E-state index contributed by atoms with van der Waals surface area (Å²) in [6, 6.07) is 8.15. The normalized spacial score (nSPS) is 23.8. The average Bonchev–Trinajstić information content (AvgIpc) is 3.31. The SMILES string of the molecule is CCn1c([C@@H]2CCCN2C(=O)[C@H]2CC(=O)N(C)C2)nc2ccccc21. The van der Waals surface area contributed by atoms with Crippen LogP contribution < -0.4 is 0 Å². The van der Waals surface area contributed by atoms with Crippen molar-refractivity contribution in [3.63, 3.8) is 0 Å². The van der Waals surface area contributed by atoms with Crippen LogP contribution in [0.2, 0.25) is 0 Å². The van der Waals surface area contributed by atoms with E-state index in [4.69, 9.17) is 4.98 Å². The molecule has 6 heteroatoms. The average molecular weight is 340 g/mol. The number of nitrogens with zero attached hydrogens (tertiary/aromatic N) is 4. The first-order valence-electron chi connectivity index (χ1n) is 9.09. The first-order chi connectivity index (χ1) is 12.1. The minimum atomic E-state index is -0.211. The van der Waals surface area contributed by atoms with Gasteiger partial charge in [-0.05, 0) is 31.9 Å². The molecular weight excluding hydrogens is 316 g/mol. The fourth-order valence-corrected chi connectivity index (χ4v) is 4.24. The fourth-order valence-electron chi connectivity index (χ4n) is 4.24. The molecule has 2 saturated heterocycles. The molecule has 132 valence electrons. The van der Waals surface area contributed by atoms with Gasteiger partial charge in [0.1, 0.15) is 5.82 Å². The van der Waals surface area contributed by atoms with Gasteiger partial charge >= 0.3 is 0 Å². The molecule has 4 rings (SSSR count). The summed E-state index contributed by atoms with van der Waals surface area (Å²) in [5, 5.41) is 0. The van der Waals surface area contributed by atoms with Crippen molar-refractivity contribution in [1.29, 1.82) is 0 Å². The van der Waals surface area contributed by atoms with E-state index in [9.17, 15) is 9.59 Å². The third kappa shape index (κ3) is 2.60. The first kappa shape index (κ1) is 16.1. The summed E-state index contributed by atoms with van der Waals surface area (Å²) in [7, 11) is 1.77. The lowest BCUT2D eigenvalue weighted by molar-refractivity contribution is -0.136. The largest absolute Gasteiger partial charge is 0.345 e. The number of carbonyl (C=O) groups is 2. The van der Waals surface area contributed by atoms with Crippen molar-refractivity contribution in [3.05, 3.63) is 30.1 Å². The minimum Gasteiger partial charge on any atom is -0.345 e. The third-order valence-electron chi connectivity index (χ3n) is 5.52. The summed E-state index contributed by atoms with van der Waals surface area (Å²) in [4.78, 5) is 33.3. The summed E-state index contributed by atoms with van der Waals surface area (Å²) in [5.41, 5.74) is 2.10. The topological polar surface area (TPSA) is 58.4 Å². The van der Waals surface area contributed by atoms with Crippen LogP contribution in [0.1, 0.15) is 38.1 Å². The van der Waals surface area contributed by atoms with Gasteiger partial charge < -0.3 is 14.4 Å². The Kier molecular flexibility index (Phi) is 3.98. The predicted octanol–water partition coefficient (Wildman–Crippen LogP) is 2.20. The summed E-state index contributed by atoms with van der Waals surface area (Å²) in [5.74, 6) is 0.939. The molecule has 0 N–H and O–H groups in total. The number of imidazole rings is 1. The highest BCUT2D eigenvalue weighted by atomic mass is 16.2. The summed E-state index contributed by atoms with van der Waals surface area (Å²) < 4.78 is 2.22. The second-order valence-corrected chi connectivity index (χ2v) is 7.07. The second kappa shape index (κ2) is 6.17. The number of rotatable bonds is 3. The van der Waals surface area contributed by atoms with E-state index in [0.29, 0.717) is 13.0 Å². The number of carbonyl (C=O) groups excluding carboxylic acids is 2. The van der Waals surface area contributed by atoms with Crippen LogP contribution in [0.5, 0.6) is 0 Å². The predicted molar refractivity (Wildman–Crippen MR) is 94.8 cm³/mol.